The number of nitrogens with zero attached hydrogens (tertiary/aromatic N) is 1. The highest BCUT2D eigenvalue weighted by molar-refractivity contribution is 5.77. The Labute approximate surface area is 133 Å². The van der Waals surface area contributed by atoms with Gasteiger partial charge in [0.05, 0.1) is 18.5 Å². The third-order valence-electron chi connectivity index (χ3n) is 3.30. The van der Waals surface area contributed by atoms with Crippen LogP contribution in [0.1, 0.15) is 11.3 Å². The van der Waals surface area contributed by atoms with Gasteiger partial charge >= 0.3 is 0 Å². The Bertz CT molecular complexity index is 859. The maximum absolute atomic E-state index is 13.1. The molecule has 2 N–H and O–H groups in total. The van der Waals surface area contributed by atoms with Crippen LogP contribution in [0, 0.1) is 17.7 Å². The summed E-state index contributed by atoms with van der Waals surface area (Å²) < 4.78 is 18.1. The number of anilines is 1. The number of nitrogens with one attached hydrogen (secondary N) is 2. The maximum Gasteiger partial charge on any atom is 0.142 e. The van der Waals surface area contributed by atoms with E-state index in [9.17, 15) is 4.39 Å². The molecule has 0 aliphatic carbocycles. The number of rotatable bonds is 4. The lowest BCUT2D eigenvalue weighted by Crippen LogP contribution is -2.07. The fourth-order valence-electron chi connectivity index (χ4n) is 2.16. The van der Waals surface area contributed by atoms with Crippen LogP contribution in [-0.2, 0) is 4.74 Å². The standard InChI is InChI=1S/C18H16FN3O/c1-23-9-8-20-16-5-2-13(3-6-16)4-7-17-11-14-10-15(19)12-21-18(14)22-17/h2-3,5-6,10-12,20H,8-9H2,1H3,(H,21,22). The number of hydrogen-bond acceptors (Lipinski definition) is 3. The molecule has 0 aliphatic rings. The molecule has 5 heteroatoms. The van der Waals surface area contributed by atoms with Crippen LogP contribution < -0.4 is 5.32 Å². The van der Waals surface area contributed by atoms with E-state index < -0.39 is 0 Å². The van der Waals surface area contributed by atoms with Crippen LogP contribution in [0.3, 0.4) is 0 Å². The lowest BCUT2D eigenvalue weighted by atomic mass is 10.2. The molecule has 0 saturated heterocycles. The van der Waals surface area contributed by atoms with Gasteiger partial charge < -0.3 is 15.0 Å². The maximum atomic E-state index is 13.1. The van der Waals surface area contributed by atoms with Crippen LogP contribution in [0.5, 0.6) is 0 Å². The molecule has 3 rings (SSSR count). The molecule has 0 fully saturated rings. The van der Waals surface area contributed by atoms with Crippen LogP contribution in [-0.4, -0.2) is 30.2 Å². The minimum atomic E-state index is -0.354. The molecule has 0 unspecified atom stereocenters. The van der Waals surface area contributed by atoms with E-state index in [-0.39, 0.29) is 5.82 Å². The van der Waals surface area contributed by atoms with Gasteiger partial charge in [-0.2, -0.15) is 0 Å². The van der Waals surface area contributed by atoms with Gasteiger partial charge in [-0.15, -0.1) is 0 Å². The molecular weight excluding hydrogens is 293 g/mol. The minimum Gasteiger partial charge on any atom is -0.383 e. The SMILES string of the molecule is COCCNc1ccc(C#Cc2cc3cc(F)cnc3[nH]2)cc1. The first kappa shape index (κ1) is 15.1. The molecule has 0 atom stereocenters. The quantitative estimate of drug-likeness (QED) is 0.575. The summed E-state index contributed by atoms with van der Waals surface area (Å²) in [7, 11) is 1.67. The van der Waals surface area contributed by atoms with Gasteiger partial charge in [-0.1, -0.05) is 5.92 Å². The number of halogens is 1. The molecule has 0 amide bonds. The predicted molar refractivity (Wildman–Crippen MR) is 88.8 cm³/mol. The molecule has 4 nitrogen and oxygen atoms in total. The van der Waals surface area contributed by atoms with Crippen molar-refractivity contribution >= 4 is 16.7 Å². The minimum absolute atomic E-state index is 0.354. The van der Waals surface area contributed by atoms with E-state index in [0.717, 1.165) is 17.8 Å². The second kappa shape index (κ2) is 6.95. The van der Waals surface area contributed by atoms with Crippen molar-refractivity contribution in [2.75, 3.05) is 25.6 Å². The number of benzene rings is 1. The van der Waals surface area contributed by atoms with Crippen LogP contribution >= 0.6 is 0 Å². The zero-order chi connectivity index (χ0) is 16.1. The number of pyridine rings is 1. The summed E-state index contributed by atoms with van der Waals surface area (Å²) >= 11 is 0. The summed E-state index contributed by atoms with van der Waals surface area (Å²) in [6.45, 7) is 1.43. The molecule has 23 heavy (non-hydrogen) atoms. The van der Waals surface area contributed by atoms with Crippen molar-refractivity contribution in [3.05, 3.63) is 59.7 Å². The third kappa shape index (κ3) is 3.87. The summed E-state index contributed by atoms with van der Waals surface area (Å²) in [6, 6.07) is 11.1. The molecule has 1 aromatic carbocycles. The van der Waals surface area contributed by atoms with Crippen LogP contribution in [0.25, 0.3) is 11.0 Å². The van der Waals surface area contributed by atoms with E-state index >= 15 is 0 Å². The molecule has 0 bridgehead atoms. The first-order chi connectivity index (χ1) is 11.2. The second-order valence-corrected chi connectivity index (χ2v) is 5.02. The average Bonchev–Trinajstić information content (AvgIpc) is 2.96. The Morgan fingerprint density at radius 2 is 2.04 bits per heavy atom. The van der Waals surface area contributed by atoms with Gasteiger partial charge in [0.1, 0.15) is 11.5 Å². The Kier molecular flexibility index (Phi) is 4.55. The molecule has 0 radical (unpaired) electrons. The monoisotopic (exact) mass is 309 g/mol. The second-order valence-electron chi connectivity index (χ2n) is 5.02. The van der Waals surface area contributed by atoms with E-state index in [2.05, 4.69) is 27.1 Å². The van der Waals surface area contributed by atoms with Crippen LogP contribution in [0.15, 0.2) is 42.6 Å². The van der Waals surface area contributed by atoms with Crippen LogP contribution in [0.2, 0.25) is 0 Å². The molecule has 0 saturated carbocycles. The summed E-state index contributed by atoms with van der Waals surface area (Å²) in [4.78, 5) is 7.05. The van der Waals surface area contributed by atoms with E-state index in [1.54, 1.807) is 13.2 Å². The highest BCUT2D eigenvalue weighted by Crippen LogP contribution is 2.14. The molecule has 3 aromatic rings. The number of fused-ring (bicyclic) bond motifs is 1. The zero-order valence-corrected chi connectivity index (χ0v) is 12.7. The van der Waals surface area contributed by atoms with Crippen molar-refractivity contribution in [2.24, 2.45) is 0 Å². The van der Waals surface area contributed by atoms with Crippen molar-refractivity contribution in [1.29, 1.82) is 0 Å². The Balaban J connectivity index is 1.72. The summed E-state index contributed by atoms with van der Waals surface area (Å²) in [5, 5.41) is 3.96. The first-order valence-electron chi connectivity index (χ1n) is 7.24. The molecule has 2 heterocycles. The van der Waals surface area contributed by atoms with Gasteiger partial charge in [0.15, 0.2) is 0 Å². The van der Waals surface area contributed by atoms with Crippen LogP contribution in [0.4, 0.5) is 10.1 Å². The topological polar surface area (TPSA) is 49.9 Å². The molecule has 116 valence electrons. The predicted octanol–water partition coefficient (Wildman–Crippen LogP) is 3.16. The van der Waals surface area contributed by atoms with Gasteiger partial charge in [-0.05, 0) is 42.3 Å². The lowest BCUT2D eigenvalue weighted by Gasteiger charge is -2.04. The number of ether oxygens (including phenoxy) is 1. The van der Waals surface area contributed by atoms with Crippen molar-refractivity contribution in [3.8, 4) is 11.8 Å². The first-order valence-corrected chi connectivity index (χ1v) is 7.24. The van der Waals surface area contributed by atoms with E-state index in [4.69, 9.17) is 4.74 Å². The molecule has 0 aliphatic heterocycles. The van der Waals surface area contributed by atoms with E-state index in [1.165, 1.54) is 12.3 Å². The average molecular weight is 309 g/mol. The summed E-state index contributed by atoms with van der Waals surface area (Å²) in [5.74, 6) is 5.75. The number of hydrogen-bond donors (Lipinski definition) is 2. The highest BCUT2D eigenvalue weighted by Gasteiger charge is 2.01. The summed E-state index contributed by atoms with van der Waals surface area (Å²) in [6.07, 6.45) is 1.19. The molecule has 2 aromatic heterocycles. The zero-order valence-electron chi connectivity index (χ0n) is 12.7. The number of aromatic amines is 1. The summed E-state index contributed by atoms with van der Waals surface area (Å²) in [5.41, 5.74) is 3.27. The van der Waals surface area contributed by atoms with Gasteiger partial charge in [-0.25, -0.2) is 9.37 Å². The number of methoxy groups -OCH3 is 1. The third-order valence-corrected chi connectivity index (χ3v) is 3.30. The normalized spacial score (nSPS) is 10.3. The molecular formula is C18H16FN3O. The van der Waals surface area contributed by atoms with Crippen molar-refractivity contribution < 1.29 is 9.13 Å². The van der Waals surface area contributed by atoms with Crippen molar-refractivity contribution in [2.45, 2.75) is 0 Å². The van der Waals surface area contributed by atoms with Crippen molar-refractivity contribution in [1.82, 2.24) is 9.97 Å². The van der Waals surface area contributed by atoms with E-state index in [1.807, 2.05) is 24.3 Å². The Morgan fingerprint density at radius 3 is 2.83 bits per heavy atom. The van der Waals surface area contributed by atoms with Gasteiger partial charge in [0.25, 0.3) is 0 Å². The van der Waals surface area contributed by atoms with Gasteiger partial charge in [0.2, 0.25) is 0 Å². The Hall–Kier alpha value is -2.84. The van der Waals surface area contributed by atoms with Crippen molar-refractivity contribution in [3.63, 3.8) is 0 Å². The van der Waals surface area contributed by atoms with Gasteiger partial charge in [-0.3, -0.25) is 0 Å². The van der Waals surface area contributed by atoms with Gasteiger partial charge in [0, 0.05) is 30.3 Å². The number of H-pyrrole nitrogens is 1. The highest BCUT2D eigenvalue weighted by atomic mass is 19.1. The fraction of sp³-hybridized carbons (Fsp3) is 0.167. The molecule has 0 spiro atoms. The fourth-order valence-corrected chi connectivity index (χ4v) is 2.16. The largest absolute Gasteiger partial charge is 0.383 e. The van der Waals surface area contributed by atoms with E-state index in [0.29, 0.717) is 23.3 Å². The number of aromatic nitrogens is 2. The smallest absolute Gasteiger partial charge is 0.142 e. The lowest BCUT2D eigenvalue weighted by molar-refractivity contribution is 0.211. The Morgan fingerprint density at radius 1 is 1.22 bits per heavy atom.